The standard InChI is InChI=1S/C5H8O3/c1-2-5(7)8-4-3-6/h2,6H,1,3-4H2/p+1. The van der Waals surface area contributed by atoms with E-state index in [4.69, 9.17) is 5.11 Å². The second kappa shape index (κ2) is 4.33. The molecule has 0 amide bonds. The van der Waals surface area contributed by atoms with Gasteiger partial charge in [0.25, 0.3) is 0 Å². The van der Waals surface area contributed by atoms with Gasteiger partial charge >= 0.3 is 7.40 Å². The average Bonchev–Trinajstić information content (AvgIpc) is 1.83. The summed E-state index contributed by atoms with van der Waals surface area (Å²) >= 11 is 0. The molecule has 1 N–H and O–H groups in total. The Hall–Kier alpha value is -0.830. The van der Waals surface area contributed by atoms with Gasteiger partial charge in [0.2, 0.25) is 0 Å². The summed E-state index contributed by atoms with van der Waals surface area (Å²) in [6, 6.07) is 0. The Morgan fingerprint density at radius 3 is 3.00 bits per heavy atom. The number of ether oxygens (including phenoxy) is 1. The van der Waals surface area contributed by atoms with Crippen molar-refractivity contribution in [2.24, 2.45) is 0 Å². The van der Waals surface area contributed by atoms with Gasteiger partial charge < -0.3 is 9.84 Å². The molecule has 0 bridgehead atoms. The van der Waals surface area contributed by atoms with Gasteiger partial charge in [0, 0.05) is 6.08 Å². The van der Waals surface area contributed by atoms with Gasteiger partial charge in [0.1, 0.15) is 6.61 Å². The summed E-state index contributed by atoms with van der Waals surface area (Å²) in [6.45, 7) is 3.06. The first-order chi connectivity index (χ1) is 3.81. The van der Waals surface area contributed by atoms with Gasteiger partial charge in [-0.2, -0.15) is 0 Å². The summed E-state index contributed by atoms with van der Waals surface area (Å²) in [6.07, 6.45) is 1.05. The molecule has 0 unspecified atom stereocenters. The maximum atomic E-state index is 10.1. The van der Waals surface area contributed by atoms with Crippen molar-refractivity contribution in [2.45, 2.75) is 0 Å². The molecule has 0 saturated carbocycles. The first-order valence-electron chi connectivity index (χ1n) is 2.21. The largest absolute Gasteiger partial charge is 1.00 e. The highest BCUT2D eigenvalue weighted by Gasteiger charge is 1.90. The second-order valence-corrected chi connectivity index (χ2v) is 1.10. The number of aliphatic hydroxyl groups is 1. The fraction of sp³-hybridized carbons (Fsp3) is 0.400. The van der Waals surface area contributed by atoms with Crippen LogP contribution in [0.5, 0.6) is 0 Å². The van der Waals surface area contributed by atoms with Crippen LogP contribution < -0.4 is 0 Å². The maximum absolute atomic E-state index is 10.1. The highest BCUT2D eigenvalue weighted by atomic mass is 16.5. The van der Waals surface area contributed by atoms with Crippen LogP contribution in [0.3, 0.4) is 0 Å². The van der Waals surface area contributed by atoms with E-state index in [9.17, 15) is 4.79 Å². The molecule has 0 spiro atoms. The van der Waals surface area contributed by atoms with Gasteiger partial charge in [-0.1, -0.05) is 6.58 Å². The molecule has 0 aromatic carbocycles. The molecule has 3 nitrogen and oxygen atoms in total. The monoisotopic (exact) mass is 117 g/mol. The smallest absolute Gasteiger partial charge is 0.460 e. The van der Waals surface area contributed by atoms with Gasteiger partial charge in [-0.25, -0.2) is 4.79 Å². The van der Waals surface area contributed by atoms with Crippen molar-refractivity contribution in [3.05, 3.63) is 12.7 Å². The SMILES string of the molecule is C=CC(=O)OCCO.[H+]. The first-order valence-corrected chi connectivity index (χ1v) is 2.21. The maximum Gasteiger partial charge on any atom is 1.00 e. The molecule has 0 saturated heterocycles. The van der Waals surface area contributed by atoms with Crippen molar-refractivity contribution in [3.63, 3.8) is 0 Å². The Morgan fingerprint density at radius 2 is 2.62 bits per heavy atom. The average molecular weight is 117 g/mol. The van der Waals surface area contributed by atoms with Crippen molar-refractivity contribution >= 4 is 5.97 Å². The van der Waals surface area contributed by atoms with E-state index in [1.807, 2.05) is 0 Å². The summed E-state index contributed by atoms with van der Waals surface area (Å²) in [5, 5.41) is 8.10. The van der Waals surface area contributed by atoms with E-state index in [1.54, 1.807) is 0 Å². The van der Waals surface area contributed by atoms with E-state index in [-0.39, 0.29) is 14.6 Å². The molecule has 3 heteroatoms. The molecule has 0 aromatic rings. The van der Waals surface area contributed by atoms with E-state index >= 15 is 0 Å². The highest BCUT2D eigenvalue weighted by molar-refractivity contribution is 5.81. The lowest BCUT2D eigenvalue weighted by atomic mass is 10.6. The number of hydrogen-bond donors (Lipinski definition) is 1. The van der Waals surface area contributed by atoms with E-state index in [0.29, 0.717) is 0 Å². The van der Waals surface area contributed by atoms with Crippen LogP contribution in [0, 0.1) is 0 Å². The lowest BCUT2D eigenvalue weighted by Crippen LogP contribution is -2.04. The molecule has 0 aliphatic heterocycles. The Morgan fingerprint density at radius 1 is 2.00 bits per heavy atom. The van der Waals surface area contributed by atoms with Crippen LogP contribution in [0.1, 0.15) is 1.43 Å². The molecule has 0 fully saturated rings. The minimum atomic E-state index is -0.501. The zero-order chi connectivity index (χ0) is 6.41. The van der Waals surface area contributed by atoms with Crippen molar-refractivity contribution in [1.29, 1.82) is 0 Å². The second-order valence-electron chi connectivity index (χ2n) is 1.10. The molecular formula is C5H9O3+. The molecule has 0 atom stereocenters. The molecular weight excluding hydrogens is 108 g/mol. The van der Waals surface area contributed by atoms with Gasteiger partial charge in [0.05, 0.1) is 6.61 Å². The molecule has 0 rings (SSSR count). The molecule has 0 radical (unpaired) electrons. The van der Waals surface area contributed by atoms with Crippen LogP contribution in [-0.2, 0) is 9.53 Å². The van der Waals surface area contributed by atoms with E-state index in [1.165, 1.54) is 0 Å². The summed E-state index contributed by atoms with van der Waals surface area (Å²) in [5.41, 5.74) is 0. The number of carbonyl (C=O) groups is 1. The number of hydrogen-bond acceptors (Lipinski definition) is 3. The van der Waals surface area contributed by atoms with Crippen molar-refractivity contribution in [2.75, 3.05) is 13.2 Å². The molecule has 0 aliphatic rings. The van der Waals surface area contributed by atoms with E-state index < -0.39 is 5.97 Å². The topological polar surface area (TPSA) is 46.5 Å². The zero-order valence-electron chi connectivity index (χ0n) is 5.46. The lowest BCUT2D eigenvalue weighted by Gasteiger charge is -1.94. The Balaban J connectivity index is 0. The van der Waals surface area contributed by atoms with Crippen LogP contribution in [-0.4, -0.2) is 24.3 Å². The minimum Gasteiger partial charge on any atom is -0.460 e. The van der Waals surface area contributed by atoms with Crippen LogP contribution in [0.2, 0.25) is 0 Å². The van der Waals surface area contributed by atoms with Gasteiger partial charge in [-0.3, -0.25) is 0 Å². The van der Waals surface area contributed by atoms with Crippen LogP contribution in [0.25, 0.3) is 0 Å². The summed E-state index contributed by atoms with van der Waals surface area (Å²) < 4.78 is 4.33. The molecule has 46 valence electrons. The molecule has 0 heterocycles. The minimum absolute atomic E-state index is 0. The summed E-state index contributed by atoms with van der Waals surface area (Å²) in [7, 11) is 0. The van der Waals surface area contributed by atoms with E-state index in [2.05, 4.69) is 11.3 Å². The van der Waals surface area contributed by atoms with Gasteiger partial charge in [-0.15, -0.1) is 0 Å². The quantitative estimate of drug-likeness (QED) is 0.412. The summed E-state index contributed by atoms with van der Waals surface area (Å²) in [4.78, 5) is 10.1. The highest BCUT2D eigenvalue weighted by Crippen LogP contribution is 1.75. The molecule has 0 aliphatic carbocycles. The van der Waals surface area contributed by atoms with Crippen LogP contribution in [0.4, 0.5) is 0 Å². The Kier molecular flexibility index (Phi) is 3.88. The van der Waals surface area contributed by atoms with Gasteiger partial charge in [-0.05, 0) is 0 Å². The normalized spacial score (nSPS) is 8.12. The van der Waals surface area contributed by atoms with Crippen molar-refractivity contribution < 1.29 is 16.1 Å². The third-order valence-electron chi connectivity index (χ3n) is 0.502. The van der Waals surface area contributed by atoms with Crippen molar-refractivity contribution in [3.8, 4) is 0 Å². The fourth-order valence-corrected chi connectivity index (χ4v) is 0.205. The lowest BCUT2D eigenvalue weighted by molar-refractivity contribution is -0.138. The predicted molar refractivity (Wildman–Crippen MR) is 29.4 cm³/mol. The fourth-order valence-electron chi connectivity index (χ4n) is 0.205. The Labute approximate surface area is 49.1 Å². The molecule has 0 aromatic heterocycles. The third kappa shape index (κ3) is 3.36. The first kappa shape index (κ1) is 7.17. The summed E-state index contributed by atoms with van der Waals surface area (Å²) in [5.74, 6) is -0.501. The molecule has 8 heavy (non-hydrogen) atoms. The van der Waals surface area contributed by atoms with Crippen LogP contribution in [0.15, 0.2) is 12.7 Å². The van der Waals surface area contributed by atoms with Gasteiger partial charge in [0.15, 0.2) is 0 Å². The Bertz CT molecular complexity index is 92.2. The third-order valence-corrected chi connectivity index (χ3v) is 0.502. The predicted octanol–water partition coefficient (Wildman–Crippen LogP) is -0.180. The number of esters is 1. The van der Waals surface area contributed by atoms with Crippen LogP contribution >= 0.6 is 0 Å². The number of rotatable bonds is 3. The zero-order valence-corrected chi connectivity index (χ0v) is 4.46. The number of aliphatic hydroxyl groups excluding tert-OH is 1. The van der Waals surface area contributed by atoms with Crippen molar-refractivity contribution in [1.82, 2.24) is 0 Å². The van der Waals surface area contributed by atoms with E-state index in [0.717, 1.165) is 6.08 Å². The number of carbonyl (C=O) groups excluding carboxylic acids is 1.